The van der Waals surface area contributed by atoms with Crippen molar-refractivity contribution in [1.29, 1.82) is 0 Å². The van der Waals surface area contributed by atoms with Crippen molar-refractivity contribution in [3.05, 3.63) is 82.7 Å². The van der Waals surface area contributed by atoms with Crippen molar-refractivity contribution in [1.82, 2.24) is 9.97 Å². The molecule has 0 bridgehead atoms. The number of hydrogen-bond acceptors (Lipinski definition) is 7. The fourth-order valence-corrected chi connectivity index (χ4v) is 5.68. The lowest BCUT2D eigenvalue weighted by molar-refractivity contribution is 0.0633. The highest BCUT2D eigenvalue weighted by Crippen LogP contribution is 2.36. The second-order valence-electron chi connectivity index (χ2n) is 11.0. The van der Waals surface area contributed by atoms with E-state index in [1.54, 1.807) is 21.3 Å². The zero-order valence-corrected chi connectivity index (χ0v) is 26.5. The van der Waals surface area contributed by atoms with Crippen molar-refractivity contribution in [2.24, 2.45) is 4.99 Å². The number of aliphatic imine (C=N–C) groups is 1. The molecule has 0 fully saturated rings. The van der Waals surface area contributed by atoms with Crippen LogP contribution in [0.25, 0.3) is 21.8 Å². The van der Waals surface area contributed by atoms with Gasteiger partial charge >= 0.3 is 0 Å². The molecule has 5 atom stereocenters. The summed E-state index contributed by atoms with van der Waals surface area (Å²) >= 11 is 0. The minimum Gasteiger partial charge on any atom is -0.476 e. The molecule has 2 aliphatic rings. The highest BCUT2D eigenvalue weighted by Gasteiger charge is 2.30. The van der Waals surface area contributed by atoms with Gasteiger partial charge in [-0.05, 0) is 82.3 Å². The molecular weight excluding hydrogens is 526 g/mol. The molecule has 6 rings (SSSR count). The number of aryl methyl sites for hydroxylation is 2. The van der Waals surface area contributed by atoms with Gasteiger partial charge in [-0.25, -0.2) is 9.98 Å². The Hall–Kier alpha value is -3.39. The van der Waals surface area contributed by atoms with Crippen molar-refractivity contribution in [3.63, 3.8) is 0 Å². The lowest BCUT2D eigenvalue weighted by Crippen LogP contribution is -2.30. The number of rotatable bonds is 5. The Kier molecular flexibility index (Phi) is 10.7. The van der Waals surface area contributed by atoms with Gasteiger partial charge in [-0.3, -0.25) is 4.98 Å². The predicted octanol–water partition coefficient (Wildman–Crippen LogP) is 7.65. The molecule has 0 saturated carbocycles. The van der Waals surface area contributed by atoms with Crippen LogP contribution in [-0.2, 0) is 25.4 Å². The molecular formula is C35H45N3O4. The van der Waals surface area contributed by atoms with Gasteiger partial charge in [0.25, 0.3) is 0 Å². The first-order valence-corrected chi connectivity index (χ1v) is 14.7. The van der Waals surface area contributed by atoms with Crippen molar-refractivity contribution in [3.8, 4) is 0 Å². The van der Waals surface area contributed by atoms with Crippen molar-refractivity contribution >= 4 is 27.7 Å². The maximum atomic E-state index is 5.48. The van der Waals surface area contributed by atoms with Crippen LogP contribution in [0.1, 0.15) is 74.4 Å². The average Bonchev–Trinajstić information content (AvgIpc) is 3.58. The van der Waals surface area contributed by atoms with Gasteiger partial charge in [0.2, 0.25) is 0 Å². The van der Waals surface area contributed by atoms with Gasteiger partial charge in [-0.15, -0.1) is 0 Å². The number of aromatic nitrogens is 2. The van der Waals surface area contributed by atoms with E-state index in [2.05, 4.69) is 54.2 Å². The number of ether oxygens (including phenoxy) is 4. The number of nitrogens with zero attached hydrogens (tertiary/aromatic N) is 3. The van der Waals surface area contributed by atoms with E-state index in [4.69, 9.17) is 23.9 Å². The summed E-state index contributed by atoms with van der Waals surface area (Å²) in [4.78, 5) is 13.6. The van der Waals surface area contributed by atoms with E-state index in [1.807, 2.05) is 52.0 Å². The number of pyridine rings is 2. The third kappa shape index (κ3) is 6.97. The maximum absolute atomic E-state index is 5.48. The standard InChI is InChI=1S/C14H15NO.C13H15NO.C8H15NO2/c1-9-10-5-3-4-6-12(10)15-14-11(9)7-8-13(14)16-2;1-9-8-13(10(2)15-3)14-12-7-5-4-6-11(9)12;1-5(10-4)8-6(2)11-7(3)9-8/h3-6,13H,7-8H2,1-2H3;4-8,10H,1-3H3;5-6,8H,1-4H3. The molecule has 0 spiro atoms. The fourth-order valence-electron chi connectivity index (χ4n) is 5.68. The summed E-state index contributed by atoms with van der Waals surface area (Å²) in [6.07, 6.45) is 2.70. The first kappa shape index (κ1) is 31.5. The quantitative estimate of drug-likeness (QED) is 0.245. The van der Waals surface area contributed by atoms with Crippen LogP contribution in [-0.4, -0.2) is 55.4 Å². The second kappa shape index (κ2) is 14.2. The van der Waals surface area contributed by atoms with Crippen LogP contribution >= 0.6 is 0 Å². The summed E-state index contributed by atoms with van der Waals surface area (Å²) in [7, 11) is 5.17. The molecule has 4 aromatic rings. The predicted molar refractivity (Wildman–Crippen MR) is 170 cm³/mol. The van der Waals surface area contributed by atoms with Crippen LogP contribution in [0.2, 0.25) is 0 Å². The molecule has 0 radical (unpaired) electrons. The van der Waals surface area contributed by atoms with Gasteiger partial charge in [0.15, 0.2) is 5.90 Å². The molecule has 0 N–H and O–H groups in total. The molecule has 2 aromatic heterocycles. The summed E-state index contributed by atoms with van der Waals surface area (Å²) in [5.74, 6) is 0.770. The van der Waals surface area contributed by atoms with Gasteiger partial charge in [-0.1, -0.05) is 36.4 Å². The molecule has 2 aromatic carbocycles. The van der Waals surface area contributed by atoms with E-state index >= 15 is 0 Å². The van der Waals surface area contributed by atoms with E-state index in [0.717, 1.165) is 41.2 Å². The van der Waals surface area contributed by atoms with Crippen LogP contribution in [0.3, 0.4) is 0 Å². The molecule has 7 nitrogen and oxygen atoms in total. The Morgan fingerprint density at radius 2 is 1.50 bits per heavy atom. The SMILES string of the molecule is COC(C)C1N=C(C)OC1C.COC(C)c1cc(C)c2ccccc2n1.COC1CCc2c1nc1ccccc1c2C. The van der Waals surface area contributed by atoms with Crippen LogP contribution in [0, 0.1) is 13.8 Å². The monoisotopic (exact) mass is 571 g/mol. The van der Waals surface area contributed by atoms with E-state index in [1.165, 1.54) is 27.5 Å². The number of methoxy groups -OCH3 is 3. The Balaban J connectivity index is 0.000000148. The Morgan fingerprint density at radius 3 is 2.10 bits per heavy atom. The molecule has 42 heavy (non-hydrogen) atoms. The Bertz CT molecular complexity index is 1540. The molecule has 0 amide bonds. The molecule has 3 heterocycles. The summed E-state index contributed by atoms with van der Waals surface area (Å²) in [6.45, 7) is 12.2. The Labute approximate surface area is 250 Å². The van der Waals surface area contributed by atoms with E-state index in [9.17, 15) is 0 Å². The third-order valence-corrected chi connectivity index (χ3v) is 8.29. The van der Waals surface area contributed by atoms with Gasteiger partial charge in [-0.2, -0.15) is 0 Å². The number of para-hydroxylation sites is 2. The lowest BCUT2D eigenvalue weighted by atomic mass is 10.0. The number of benzene rings is 2. The largest absolute Gasteiger partial charge is 0.476 e. The lowest BCUT2D eigenvalue weighted by Gasteiger charge is -2.17. The number of fused-ring (bicyclic) bond motifs is 3. The molecule has 224 valence electrons. The molecule has 0 saturated heterocycles. The fraction of sp³-hybridized carbons (Fsp3) is 0.457. The van der Waals surface area contributed by atoms with Crippen LogP contribution in [0.15, 0.2) is 59.6 Å². The molecule has 5 unspecified atom stereocenters. The highest BCUT2D eigenvalue weighted by atomic mass is 16.5. The van der Waals surface area contributed by atoms with Crippen LogP contribution < -0.4 is 0 Å². The topological polar surface area (TPSA) is 75.1 Å². The van der Waals surface area contributed by atoms with Crippen molar-refractivity contribution < 1.29 is 18.9 Å². The van der Waals surface area contributed by atoms with Gasteiger partial charge in [0.1, 0.15) is 12.1 Å². The van der Waals surface area contributed by atoms with Crippen LogP contribution in [0.4, 0.5) is 0 Å². The minimum absolute atomic E-state index is 0.0494. The molecule has 1 aliphatic heterocycles. The van der Waals surface area contributed by atoms with E-state index in [0.29, 0.717) is 0 Å². The zero-order valence-electron chi connectivity index (χ0n) is 26.5. The normalized spacial score (nSPS) is 20.5. The molecule has 7 heteroatoms. The van der Waals surface area contributed by atoms with Crippen molar-refractivity contribution in [2.45, 2.75) is 84.8 Å². The Morgan fingerprint density at radius 1 is 0.857 bits per heavy atom. The smallest absolute Gasteiger partial charge is 0.180 e. The first-order valence-electron chi connectivity index (χ1n) is 14.7. The summed E-state index contributed by atoms with van der Waals surface area (Å²) in [5, 5.41) is 2.49. The first-order chi connectivity index (χ1) is 20.2. The summed E-state index contributed by atoms with van der Waals surface area (Å²) < 4.78 is 21.3. The van der Waals surface area contributed by atoms with Crippen molar-refractivity contribution in [2.75, 3.05) is 21.3 Å². The zero-order chi connectivity index (χ0) is 30.4. The minimum atomic E-state index is 0.0494. The second-order valence-corrected chi connectivity index (χ2v) is 11.0. The van der Waals surface area contributed by atoms with Crippen LogP contribution in [0.5, 0.6) is 0 Å². The molecule has 1 aliphatic carbocycles. The maximum Gasteiger partial charge on any atom is 0.180 e. The highest BCUT2D eigenvalue weighted by molar-refractivity contribution is 5.84. The van der Waals surface area contributed by atoms with E-state index < -0.39 is 0 Å². The average molecular weight is 572 g/mol. The van der Waals surface area contributed by atoms with Gasteiger partial charge < -0.3 is 18.9 Å². The summed E-state index contributed by atoms with van der Waals surface area (Å²) in [5.41, 5.74) is 8.29. The van der Waals surface area contributed by atoms with Gasteiger partial charge in [0, 0.05) is 39.0 Å². The third-order valence-electron chi connectivity index (χ3n) is 8.29. The van der Waals surface area contributed by atoms with Gasteiger partial charge in [0.05, 0.1) is 40.7 Å². The summed E-state index contributed by atoms with van der Waals surface area (Å²) in [6, 6.07) is 18.8. The number of hydrogen-bond donors (Lipinski definition) is 0. The van der Waals surface area contributed by atoms with E-state index in [-0.39, 0.29) is 30.5 Å².